The lowest BCUT2D eigenvalue weighted by atomic mass is 9.83. The molecule has 0 aromatic rings. The molecule has 1 saturated heterocycles. The number of hydrogen-bond acceptors (Lipinski definition) is 4. The number of fused-ring (bicyclic) bond motifs is 1. The van der Waals surface area contributed by atoms with E-state index in [4.69, 9.17) is 5.73 Å². The molecule has 6 nitrogen and oxygen atoms in total. The number of rotatable bonds is 5. The fourth-order valence-electron chi connectivity index (χ4n) is 2.90. The molecule has 3 atom stereocenters. The van der Waals surface area contributed by atoms with Crippen molar-refractivity contribution in [3.05, 3.63) is 11.3 Å². The summed E-state index contributed by atoms with van der Waals surface area (Å²) < 4.78 is 0. The van der Waals surface area contributed by atoms with Gasteiger partial charge in [-0.05, 0) is 38.3 Å². The van der Waals surface area contributed by atoms with E-state index in [-0.39, 0.29) is 17.6 Å². The van der Waals surface area contributed by atoms with Gasteiger partial charge in [0.2, 0.25) is 5.91 Å². The normalized spacial score (nSPS) is 28.2. The molecule has 1 fully saturated rings. The molecule has 0 aromatic carbocycles. The highest BCUT2D eigenvalue weighted by molar-refractivity contribution is 5.99. The first kappa shape index (κ1) is 13.0. The zero-order valence-electron chi connectivity index (χ0n) is 10.3. The van der Waals surface area contributed by atoms with E-state index in [0.29, 0.717) is 25.8 Å². The van der Waals surface area contributed by atoms with Crippen LogP contribution in [0.2, 0.25) is 0 Å². The lowest BCUT2D eigenvalue weighted by molar-refractivity contribution is -0.161. The number of carboxylic acid groups (broad SMARTS) is 1. The summed E-state index contributed by atoms with van der Waals surface area (Å²) in [5.41, 5.74) is 6.30. The van der Waals surface area contributed by atoms with Crippen LogP contribution in [0.4, 0.5) is 0 Å². The van der Waals surface area contributed by atoms with Crippen LogP contribution in [0, 0.1) is 5.92 Å². The van der Waals surface area contributed by atoms with Crippen molar-refractivity contribution in [1.82, 2.24) is 4.90 Å². The van der Waals surface area contributed by atoms with Crippen molar-refractivity contribution in [2.75, 3.05) is 6.54 Å². The second-order valence-corrected chi connectivity index (χ2v) is 4.90. The van der Waals surface area contributed by atoms with Crippen LogP contribution >= 0.6 is 0 Å². The molecule has 0 aliphatic carbocycles. The van der Waals surface area contributed by atoms with Crippen LogP contribution in [0.3, 0.4) is 0 Å². The van der Waals surface area contributed by atoms with Crippen molar-refractivity contribution < 1.29 is 19.8 Å². The summed E-state index contributed by atoms with van der Waals surface area (Å²) in [7, 11) is 0. The van der Waals surface area contributed by atoms with Gasteiger partial charge in [0, 0.05) is 0 Å². The Labute approximate surface area is 105 Å². The highest BCUT2D eigenvalue weighted by Gasteiger charge is 2.56. The largest absolute Gasteiger partial charge is 0.477 e. The summed E-state index contributed by atoms with van der Waals surface area (Å²) in [6, 6.07) is -0.184. The summed E-state index contributed by atoms with van der Waals surface area (Å²) in [4.78, 5) is 24.4. The average Bonchev–Trinajstić information content (AvgIpc) is 2.60. The van der Waals surface area contributed by atoms with Gasteiger partial charge in [0.05, 0.1) is 18.1 Å². The number of aliphatic carboxylic acids is 1. The van der Waals surface area contributed by atoms with Gasteiger partial charge in [-0.3, -0.25) is 4.79 Å². The summed E-state index contributed by atoms with van der Waals surface area (Å²) in [6.07, 6.45) is 1.12. The molecule has 0 saturated carbocycles. The smallest absolute Gasteiger partial charge is 0.352 e. The number of carboxylic acids is 1. The van der Waals surface area contributed by atoms with Crippen LogP contribution < -0.4 is 5.73 Å². The molecule has 0 bridgehead atoms. The Kier molecular flexibility index (Phi) is 3.41. The number of aliphatic hydroxyl groups is 1. The van der Waals surface area contributed by atoms with Crippen LogP contribution in [0.25, 0.3) is 0 Å². The molecule has 100 valence electrons. The van der Waals surface area contributed by atoms with Crippen LogP contribution in [-0.2, 0) is 9.59 Å². The second kappa shape index (κ2) is 4.70. The maximum atomic E-state index is 11.9. The van der Waals surface area contributed by atoms with Crippen molar-refractivity contribution in [2.24, 2.45) is 11.7 Å². The number of amides is 1. The Hall–Kier alpha value is -1.40. The van der Waals surface area contributed by atoms with Gasteiger partial charge in [0.25, 0.3) is 0 Å². The molecule has 2 aliphatic heterocycles. The molecule has 0 aromatic heterocycles. The lowest BCUT2D eigenvalue weighted by Gasteiger charge is -2.44. The van der Waals surface area contributed by atoms with E-state index in [0.717, 1.165) is 5.57 Å². The van der Waals surface area contributed by atoms with Crippen molar-refractivity contribution in [3.8, 4) is 0 Å². The number of hydrogen-bond donors (Lipinski definition) is 3. The van der Waals surface area contributed by atoms with Gasteiger partial charge in [0.15, 0.2) is 0 Å². The van der Waals surface area contributed by atoms with Crippen LogP contribution in [0.15, 0.2) is 11.3 Å². The molecular weight excluding hydrogens is 236 g/mol. The highest BCUT2D eigenvalue weighted by Crippen LogP contribution is 2.44. The van der Waals surface area contributed by atoms with Crippen molar-refractivity contribution in [3.63, 3.8) is 0 Å². The fourth-order valence-corrected chi connectivity index (χ4v) is 2.90. The van der Waals surface area contributed by atoms with E-state index in [9.17, 15) is 19.8 Å². The zero-order valence-corrected chi connectivity index (χ0v) is 10.3. The summed E-state index contributed by atoms with van der Waals surface area (Å²) in [6.45, 7) is 2.06. The Morgan fingerprint density at radius 3 is 2.78 bits per heavy atom. The topological polar surface area (TPSA) is 104 Å². The Bertz CT molecular complexity index is 416. The average molecular weight is 254 g/mol. The third-order valence-corrected chi connectivity index (χ3v) is 3.71. The third-order valence-electron chi connectivity index (χ3n) is 3.71. The number of nitrogens with zero attached hydrogens (tertiary/aromatic N) is 1. The van der Waals surface area contributed by atoms with Gasteiger partial charge >= 0.3 is 5.97 Å². The van der Waals surface area contributed by atoms with Gasteiger partial charge in [-0.15, -0.1) is 0 Å². The molecule has 2 rings (SSSR count). The molecule has 2 aliphatic rings. The molecular formula is C12H18N2O4. The summed E-state index contributed by atoms with van der Waals surface area (Å²) >= 11 is 0. The van der Waals surface area contributed by atoms with Crippen LogP contribution in [-0.4, -0.2) is 45.7 Å². The monoisotopic (exact) mass is 254 g/mol. The Morgan fingerprint density at radius 2 is 2.28 bits per heavy atom. The van der Waals surface area contributed by atoms with Crippen molar-refractivity contribution >= 4 is 11.9 Å². The molecule has 4 N–H and O–H groups in total. The van der Waals surface area contributed by atoms with E-state index in [2.05, 4.69) is 0 Å². The summed E-state index contributed by atoms with van der Waals surface area (Å²) in [5.74, 6) is -1.81. The Balaban J connectivity index is 2.21. The van der Waals surface area contributed by atoms with E-state index >= 15 is 0 Å². The Morgan fingerprint density at radius 1 is 1.61 bits per heavy atom. The first-order valence-corrected chi connectivity index (χ1v) is 6.15. The molecule has 0 radical (unpaired) electrons. The number of nitrogens with two attached hydrogens (primary N) is 1. The molecule has 0 spiro atoms. The van der Waals surface area contributed by atoms with Crippen molar-refractivity contribution in [2.45, 2.75) is 38.3 Å². The lowest BCUT2D eigenvalue weighted by Crippen LogP contribution is -2.61. The number of carbonyl (C=O) groups is 2. The quantitative estimate of drug-likeness (QED) is 0.583. The number of aliphatic hydroxyl groups excluding tert-OH is 1. The SMILES string of the molecule is C[C@@H](O)[C@H]1C(=O)N2C(C(=O)O)=C(CCCN)C[C@H]12. The minimum atomic E-state index is -1.07. The van der Waals surface area contributed by atoms with Gasteiger partial charge in [-0.1, -0.05) is 0 Å². The first-order chi connectivity index (χ1) is 8.49. The van der Waals surface area contributed by atoms with E-state index in [1.165, 1.54) is 4.90 Å². The number of β-lactam (4-membered cyclic amide) rings is 1. The van der Waals surface area contributed by atoms with Crippen LogP contribution in [0.1, 0.15) is 26.2 Å². The predicted octanol–water partition coefficient (Wildman–Crippen LogP) is -0.324. The molecule has 1 amide bonds. The highest BCUT2D eigenvalue weighted by atomic mass is 16.4. The number of carbonyl (C=O) groups excluding carboxylic acids is 1. The molecule has 18 heavy (non-hydrogen) atoms. The standard InChI is InChI=1S/C12H18N2O4/c1-6(15)9-8-5-7(3-2-4-13)10(12(17)18)14(8)11(9)16/h6,8-9,15H,2-5,13H2,1H3,(H,17,18)/t6-,8-,9-/m1/s1. The molecule has 6 heteroatoms. The fraction of sp³-hybridized carbons (Fsp3) is 0.667. The first-order valence-electron chi connectivity index (χ1n) is 6.15. The minimum absolute atomic E-state index is 0.107. The van der Waals surface area contributed by atoms with Gasteiger partial charge in [0.1, 0.15) is 5.70 Å². The van der Waals surface area contributed by atoms with Gasteiger partial charge in [-0.25, -0.2) is 4.79 Å². The van der Waals surface area contributed by atoms with Gasteiger partial charge in [-0.2, -0.15) is 0 Å². The third kappa shape index (κ3) is 1.81. The minimum Gasteiger partial charge on any atom is -0.477 e. The van der Waals surface area contributed by atoms with E-state index in [1.54, 1.807) is 6.92 Å². The molecule has 2 heterocycles. The maximum absolute atomic E-state index is 11.9. The van der Waals surface area contributed by atoms with Gasteiger partial charge < -0.3 is 20.8 Å². The van der Waals surface area contributed by atoms with E-state index in [1.807, 2.05) is 0 Å². The van der Waals surface area contributed by atoms with Crippen molar-refractivity contribution in [1.29, 1.82) is 0 Å². The predicted molar refractivity (Wildman–Crippen MR) is 63.4 cm³/mol. The van der Waals surface area contributed by atoms with E-state index < -0.39 is 18.0 Å². The van der Waals surface area contributed by atoms with Crippen LogP contribution in [0.5, 0.6) is 0 Å². The second-order valence-electron chi connectivity index (χ2n) is 4.90. The molecule has 0 unspecified atom stereocenters. The maximum Gasteiger partial charge on any atom is 0.352 e. The summed E-state index contributed by atoms with van der Waals surface area (Å²) in [5, 5.41) is 18.7. The zero-order chi connectivity index (χ0) is 13.4.